The molecule has 3 N–H and O–H groups in total. The van der Waals surface area contributed by atoms with Crippen LogP contribution in [-0.2, 0) is 25.5 Å². The monoisotopic (exact) mass is 620 g/mol. The zero-order chi connectivity index (χ0) is 31.6. The van der Waals surface area contributed by atoms with Crippen molar-refractivity contribution in [2.75, 3.05) is 13.2 Å². The molecule has 12 atom stereocenters. The first-order valence-electron chi connectivity index (χ1n) is 18.2. The van der Waals surface area contributed by atoms with Crippen molar-refractivity contribution >= 4 is 11.8 Å². The molecule has 6 aliphatic rings. The van der Waals surface area contributed by atoms with E-state index < -0.39 is 0 Å². The number of carbonyl (C=O) groups excluding carboxylic acids is 2. The minimum atomic E-state index is -0.340. The smallest absolute Gasteiger partial charge is 0.229 e. The lowest BCUT2D eigenvalue weighted by atomic mass is 9.44. The average molecular weight is 621 g/mol. The molecule has 2 saturated heterocycles. The highest BCUT2D eigenvalue weighted by Crippen LogP contribution is 2.71. The van der Waals surface area contributed by atoms with Gasteiger partial charge in [0.1, 0.15) is 12.2 Å². The molecule has 7 nitrogen and oxygen atoms in total. The van der Waals surface area contributed by atoms with Crippen LogP contribution in [0.1, 0.15) is 104 Å². The van der Waals surface area contributed by atoms with E-state index in [-0.39, 0.29) is 35.8 Å². The van der Waals surface area contributed by atoms with Crippen LogP contribution in [0.3, 0.4) is 0 Å². The van der Waals surface area contributed by atoms with Crippen LogP contribution in [0.5, 0.6) is 5.75 Å². The summed E-state index contributed by atoms with van der Waals surface area (Å²) < 4.78 is 13.5. The molecule has 0 bridgehead atoms. The quantitative estimate of drug-likeness (QED) is 0.321. The van der Waals surface area contributed by atoms with E-state index in [4.69, 9.17) is 9.47 Å². The first-order valence-corrected chi connectivity index (χ1v) is 18.2. The maximum absolute atomic E-state index is 12.9. The summed E-state index contributed by atoms with van der Waals surface area (Å²) in [5, 5.41) is 15.5. The molecule has 0 radical (unpaired) electrons. The summed E-state index contributed by atoms with van der Waals surface area (Å²) in [6.07, 6.45) is 12.8. The summed E-state index contributed by atoms with van der Waals surface area (Å²) >= 11 is 0. The van der Waals surface area contributed by atoms with Gasteiger partial charge in [0, 0.05) is 24.9 Å². The number of carbonyl (C=O) groups is 2. The summed E-state index contributed by atoms with van der Waals surface area (Å²) in [5.74, 6) is 4.15. The van der Waals surface area contributed by atoms with Crippen LogP contribution in [0.4, 0.5) is 0 Å². The van der Waals surface area contributed by atoms with Crippen molar-refractivity contribution in [1.82, 2.24) is 10.6 Å². The van der Waals surface area contributed by atoms with Gasteiger partial charge in [0.25, 0.3) is 0 Å². The molecule has 248 valence electrons. The second-order valence-electron chi connectivity index (χ2n) is 16.7. The zero-order valence-corrected chi connectivity index (χ0v) is 28.0. The third-order valence-electron chi connectivity index (χ3n) is 14.3. The Bertz CT molecular complexity index is 1260. The second kappa shape index (κ2) is 11.8. The van der Waals surface area contributed by atoms with E-state index in [1.54, 1.807) is 12.1 Å². The fourth-order valence-electron chi connectivity index (χ4n) is 11.9. The third-order valence-corrected chi connectivity index (χ3v) is 14.3. The van der Waals surface area contributed by atoms with Gasteiger partial charge in [-0.3, -0.25) is 9.59 Å². The van der Waals surface area contributed by atoms with Gasteiger partial charge in [-0.05, 0) is 128 Å². The zero-order valence-electron chi connectivity index (χ0n) is 28.0. The van der Waals surface area contributed by atoms with Gasteiger partial charge in [0.05, 0.1) is 12.7 Å². The van der Waals surface area contributed by atoms with Crippen molar-refractivity contribution in [3.63, 3.8) is 0 Å². The number of rotatable bonds is 6. The minimum Gasteiger partial charge on any atom is -0.508 e. The van der Waals surface area contributed by atoms with E-state index in [1.165, 1.54) is 44.9 Å². The molecule has 2 amide bonds. The number of amides is 2. The molecule has 1 aromatic carbocycles. The average Bonchev–Trinajstić information content (AvgIpc) is 3.45. The molecule has 6 fully saturated rings. The van der Waals surface area contributed by atoms with Gasteiger partial charge >= 0.3 is 0 Å². The molecule has 7 heteroatoms. The van der Waals surface area contributed by atoms with Crippen molar-refractivity contribution in [3.8, 4) is 5.75 Å². The Hall–Kier alpha value is -2.12. The SMILES string of the molecule is C[C@H]1CC[C@@]2(OC1)O[C@H]1C[C@H]3[C@@H]4CC[C@@H]5C[C@@H](NC(=O)CC(=O)NCCc6ccc(O)cc6)CC[C@]5(C)[C@H]4CC[C@]3(C)[C@H]1[C@@H]2C. The Labute approximate surface area is 270 Å². The number of phenolic OH excluding ortho intramolecular Hbond substituents is 1. The Morgan fingerprint density at radius 1 is 0.911 bits per heavy atom. The molecule has 7 rings (SSSR count). The molecule has 4 saturated carbocycles. The lowest BCUT2D eigenvalue weighted by Gasteiger charge is -2.61. The highest BCUT2D eigenvalue weighted by atomic mass is 16.7. The summed E-state index contributed by atoms with van der Waals surface area (Å²) in [4.78, 5) is 25.3. The predicted octanol–water partition coefficient (Wildman–Crippen LogP) is 6.37. The molecule has 0 aromatic heterocycles. The van der Waals surface area contributed by atoms with Gasteiger partial charge in [0.2, 0.25) is 11.8 Å². The van der Waals surface area contributed by atoms with Crippen molar-refractivity contribution in [3.05, 3.63) is 29.8 Å². The van der Waals surface area contributed by atoms with Gasteiger partial charge in [-0.15, -0.1) is 0 Å². The van der Waals surface area contributed by atoms with Gasteiger partial charge in [0.15, 0.2) is 5.79 Å². The molecule has 2 heterocycles. The minimum absolute atomic E-state index is 0.118. The first-order chi connectivity index (χ1) is 21.5. The van der Waals surface area contributed by atoms with Gasteiger partial charge < -0.3 is 25.2 Å². The van der Waals surface area contributed by atoms with E-state index in [0.717, 1.165) is 49.2 Å². The summed E-state index contributed by atoms with van der Waals surface area (Å²) in [7, 11) is 0. The molecule has 2 aliphatic heterocycles. The van der Waals surface area contributed by atoms with Crippen molar-refractivity contribution < 1.29 is 24.2 Å². The maximum atomic E-state index is 12.9. The topological polar surface area (TPSA) is 96.9 Å². The fraction of sp³-hybridized carbons (Fsp3) is 0.789. The Balaban J connectivity index is 0.919. The number of ether oxygens (including phenoxy) is 2. The second-order valence-corrected chi connectivity index (χ2v) is 16.7. The molecule has 1 spiro atoms. The molecule has 45 heavy (non-hydrogen) atoms. The van der Waals surface area contributed by atoms with Crippen molar-refractivity contribution in [1.29, 1.82) is 0 Å². The summed E-state index contributed by atoms with van der Waals surface area (Å²) in [6.45, 7) is 11.3. The van der Waals surface area contributed by atoms with E-state index in [2.05, 4.69) is 38.3 Å². The van der Waals surface area contributed by atoms with Crippen LogP contribution in [-0.4, -0.2) is 48.0 Å². The highest BCUT2D eigenvalue weighted by Gasteiger charge is 2.69. The maximum Gasteiger partial charge on any atom is 0.229 e. The van der Waals surface area contributed by atoms with E-state index in [9.17, 15) is 14.7 Å². The molecule has 0 unspecified atom stereocenters. The van der Waals surface area contributed by atoms with E-state index in [1.807, 2.05) is 12.1 Å². The Kier molecular flexibility index (Phi) is 8.28. The van der Waals surface area contributed by atoms with Crippen LogP contribution >= 0.6 is 0 Å². The van der Waals surface area contributed by atoms with Crippen LogP contribution in [0.15, 0.2) is 24.3 Å². The predicted molar refractivity (Wildman–Crippen MR) is 173 cm³/mol. The highest BCUT2D eigenvalue weighted by molar-refractivity contribution is 5.96. The fourth-order valence-corrected chi connectivity index (χ4v) is 11.9. The Morgan fingerprint density at radius 2 is 1.69 bits per heavy atom. The molecular formula is C38H56N2O5. The van der Waals surface area contributed by atoms with Crippen LogP contribution in [0, 0.1) is 52.3 Å². The summed E-state index contributed by atoms with van der Waals surface area (Å²) in [6, 6.07) is 7.15. The van der Waals surface area contributed by atoms with Crippen LogP contribution < -0.4 is 10.6 Å². The number of fused-ring (bicyclic) bond motifs is 7. The number of hydrogen-bond acceptors (Lipinski definition) is 5. The van der Waals surface area contributed by atoms with Gasteiger partial charge in [-0.25, -0.2) is 0 Å². The number of nitrogens with one attached hydrogen (secondary N) is 2. The van der Waals surface area contributed by atoms with E-state index in [0.29, 0.717) is 53.6 Å². The lowest BCUT2D eigenvalue weighted by Crippen LogP contribution is -2.56. The Morgan fingerprint density at radius 3 is 2.44 bits per heavy atom. The molecule has 1 aromatic rings. The van der Waals surface area contributed by atoms with Gasteiger partial charge in [-0.1, -0.05) is 39.8 Å². The number of hydrogen-bond donors (Lipinski definition) is 3. The van der Waals surface area contributed by atoms with E-state index >= 15 is 0 Å². The number of benzene rings is 1. The van der Waals surface area contributed by atoms with Crippen LogP contribution in [0.2, 0.25) is 0 Å². The first kappa shape index (κ1) is 31.5. The van der Waals surface area contributed by atoms with Crippen LogP contribution in [0.25, 0.3) is 0 Å². The van der Waals surface area contributed by atoms with Crippen molar-refractivity contribution in [2.24, 2.45) is 52.3 Å². The normalized spacial score (nSPS) is 45.2. The lowest BCUT2D eigenvalue weighted by molar-refractivity contribution is -0.273. The summed E-state index contributed by atoms with van der Waals surface area (Å²) in [5.41, 5.74) is 1.72. The largest absolute Gasteiger partial charge is 0.508 e. The molecule has 4 aliphatic carbocycles. The third kappa shape index (κ3) is 5.52. The number of phenols is 1. The van der Waals surface area contributed by atoms with Crippen molar-refractivity contribution in [2.45, 2.75) is 123 Å². The van der Waals surface area contributed by atoms with Gasteiger partial charge in [-0.2, -0.15) is 0 Å². The molecular weight excluding hydrogens is 564 g/mol. The standard InChI is InChI=1S/C38H56N2O5/c1-23-11-17-38(44-22-23)24(2)35-32(45-38)20-31-29-10-7-26-19-27(12-15-36(26,3)30(29)13-16-37(31,35)4)40-34(43)21-33(42)39-18-14-25-5-8-28(41)9-6-25/h5-6,8-9,23-24,26-27,29-32,35,41H,7,10-22H2,1-4H3,(H,39,42)(H,40,43)/t23-,24-,26+,27-,29+,30-,31-,32-,35-,36-,37-,38+/m0/s1. The number of aromatic hydroxyl groups is 1.